The Balaban J connectivity index is 1.33. The average molecular weight is 481 g/mol. The second kappa shape index (κ2) is 10.0. The molecule has 1 aliphatic rings. The van der Waals surface area contributed by atoms with Crippen LogP contribution in [0.5, 0.6) is 0 Å². The molecule has 0 atom stereocenters. The van der Waals surface area contributed by atoms with Crippen LogP contribution in [0.1, 0.15) is 5.56 Å². The number of rotatable bonds is 6. The summed E-state index contributed by atoms with van der Waals surface area (Å²) in [4.78, 5) is 29.3. The Labute approximate surface area is 190 Å². The normalized spacial score (nSPS) is 14.5. The molecule has 1 fully saturated rings. The molecule has 7 heteroatoms. The van der Waals surface area contributed by atoms with Gasteiger partial charge in [0.25, 0.3) is 5.56 Å². The van der Waals surface area contributed by atoms with Crippen molar-refractivity contribution >= 4 is 21.8 Å². The van der Waals surface area contributed by atoms with Crippen LogP contribution in [0.15, 0.2) is 76.0 Å². The Morgan fingerprint density at radius 2 is 1.61 bits per heavy atom. The number of amides is 1. The van der Waals surface area contributed by atoms with E-state index in [9.17, 15) is 9.59 Å². The van der Waals surface area contributed by atoms with Gasteiger partial charge in [-0.1, -0.05) is 58.4 Å². The van der Waals surface area contributed by atoms with E-state index in [2.05, 4.69) is 50.2 Å². The van der Waals surface area contributed by atoms with E-state index in [1.807, 2.05) is 35.2 Å². The monoisotopic (exact) mass is 480 g/mol. The quantitative estimate of drug-likeness (QED) is 0.543. The van der Waals surface area contributed by atoms with E-state index in [1.54, 1.807) is 6.07 Å². The first-order valence-electron chi connectivity index (χ1n) is 10.5. The summed E-state index contributed by atoms with van der Waals surface area (Å²) in [6, 6.07) is 21.3. The van der Waals surface area contributed by atoms with Crippen molar-refractivity contribution in [3.05, 3.63) is 87.1 Å². The summed E-state index contributed by atoms with van der Waals surface area (Å²) in [6.07, 6.45) is 1.01. The highest BCUT2D eigenvalue weighted by Crippen LogP contribution is 2.18. The Hall–Kier alpha value is -2.77. The first-order chi connectivity index (χ1) is 15.1. The van der Waals surface area contributed by atoms with Gasteiger partial charge in [0.15, 0.2) is 0 Å². The number of piperazine rings is 1. The van der Waals surface area contributed by atoms with Gasteiger partial charge in [0.2, 0.25) is 5.91 Å². The van der Waals surface area contributed by atoms with Gasteiger partial charge >= 0.3 is 0 Å². The number of hydrogen-bond donors (Lipinski definition) is 0. The molecule has 1 saturated heterocycles. The highest BCUT2D eigenvalue weighted by Gasteiger charge is 2.21. The maximum atomic E-state index is 12.8. The Morgan fingerprint density at radius 3 is 2.32 bits per heavy atom. The van der Waals surface area contributed by atoms with Gasteiger partial charge in [-0.05, 0) is 30.2 Å². The van der Waals surface area contributed by atoms with Crippen LogP contribution in [0.4, 0.5) is 0 Å². The van der Waals surface area contributed by atoms with E-state index < -0.39 is 0 Å². The average Bonchev–Trinajstić information content (AvgIpc) is 2.81. The first kappa shape index (κ1) is 21.5. The number of benzene rings is 2. The van der Waals surface area contributed by atoms with Gasteiger partial charge in [0.1, 0.15) is 6.54 Å². The molecule has 4 rings (SSSR count). The van der Waals surface area contributed by atoms with E-state index in [0.29, 0.717) is 18.8 Å². The van der Waals surface area contributed by atoms with Gasteiger partial charge in [-0.2, -0.15) is 5.10 Å². The third kappa shape index (κ3) is 5.68. The van der Waals surface area contributed by atoms with Crippen LogP contribution < -0.4 is 5.56 Å². The summed E-state index contributed by atoms with van der Waals surface area (Å²) < 4.78 is 2.24. The number of aromatic nitrogens is 2. The molecule has 0 N–H and O–H groups in total. The maximum absolute atomic E-state index is 12.8. The molecule has 6 nitrogen and oxygen atoms in total. The van der Waals surface area contributed by atoms with Crippen molar-refractivity contribution in [1.82, 2.24) is 19.6 Å². The van der Waals surface area contributed by atoms with Crippen molar-refractivity contribution in [3.8, 4) is 11.3 Å². The number of carbonyl (C=O) groups excluding carboxylic acids is 1. The standard InChI is InChI=1S/C24H25BrN4O2/c25-21-8-6-20(7-9-21)22-10-11-23(30)29(26-22)18-24(31)28-16-14-27(15-17-28)13-12-19-4-2-1-3-5-19/h1-11H,12-18H2. The molecule has 1 aromatic heterocycles. The van der Waals surface area contributed by atoms with Gasteiger partial charge in [0.05, 0.1) is 5.69 Å². The van der Waals surface area contributed by atoms with Gasteiger partial charge in [0, 0.05) is 48.8 Å². The summed E-state index contributed by atoms with van der Waals surface area (Å²) >= 11 is 3.42. The van der Waals surface area contributed by atoms with E-state index in [0.717, 1.165) is 36.1 Å². The highest BCUT2D eigenvalue weighted by molar-refractivity contribution is 9.10. The minimum absolute atomic E-state index is 0.0345. The van der Waals surface area contributed by atoms with Crippen LogP contribution in [0.3, 0.4) is 0 Å². The summed E-state index contributed by atoms with van der Waals surface area (Å²) in [7, 11) is 0. The topological polar surface area (TPSA) is 58.4 Å². The van der Waals surface area contributed by atoms with Crippen LogP contribution in [0, 0.1) is 0 Å². The molecule has 0 spiro atoms. The lowest BCUT2D eigenvalue weighted by Gasteiger charge is -2.34. The van der Waals surface area contributed by atoms with E-state index in [4.69, 9.17) is 0 Å². The lowest BCUT2D eigenvalue weighted by molar-refractivity contribution is -0.133. The second-order valence-electron chi connectivity index (χ2n) is 7.68. The van der Waals surface area contributed by atoms with Crippen LogP contribution in [-0.2, 0) is 17.8 Å². The molecule has 0 unspecified atom stereocenters. The fraction of sp³-hybridized carbons (Fsp3) is 0.292. The molecule has 1 aliphatic heterocycles. The lowest BCUT2D eigenvalue weighted by Crippen LogP contribution is -2.50. The molecule has 3 aromatic rings. The lowest BCUT2D eigenvalue weighted by atomic mass is 10.1. The SMILES string of the molecule is O=C(Cn1nc(-c2ccc(Br)cc2)ccc1=O)N1CCN(CCc2ccccc2)CC1. The van der Waals surface area contributed by atoms with Gasteiger partial charge in [-0.15, -0.1) is 0 Å². The van der Waals surface area contributed by atoms with Crippen molar-refractivity contribution < 1.29 is 4.79 Å². The molecule has 0 aliphatic carbocycles. The second-order valence-corrected chi connectivity index (χ2v) is 8.60. The summed E-state index contributed by atoms with van der Waals surface area (Å²) in [6.45, 7) is 4.00. The molecule has 2 heterocycles. The predicted octanol–water partition coefficient (Wildman–Crippen LogP) is 3.06. The molecule has 2 aromatic carbocycles. The molecule has 160 valence electrons. The zero-order valence-corrected chi connectivity index (χ0v) is 18.9. The molecule has 0 bridgehead atoms. The predicted molar refractivity (Wildman–Crippen MR) is 125 cm³/mol. The highest BCUT2D eigenvalue weighted by atomic mass is 79.9. The minimum atomic E-state index is -0.268. The molecule has 1 amide bonds. The molecule has 31 heavy (non-hydrogen) atoms. The van der Waals surface area contributed by atoms with E-state index in [-0.39, 0.29) is 18.0 Å². The van der Waals surface area contributed by atoms with Crippen LogP contribution in [-0.4, -0.2) is 58.2 Å². The summed E-state index contributed by atoms with van der Waals surface area (Å²) in [5, 5.41) is 4.42. The number of nitrogens with zero attached hydrogens (tertiary/aromatic N) is 4. The molecule has 0 radical (unpaired) electrons. The molecular weight excluding hydrogens is 456 g/mol. The van der Waals surface area contributed by atoms with E-state index in [1.165, 1.54) is 16.3 Å². The number of carbonyl (C=O) groups is 1. The fourth-order valence-corrected chi connectivity index (χ4v) is 3.98. The van der Waals surface area contributed by atoms with Crippen molar-refractivity contribution in [2.45, 2.75) is 13.0 Å². The fourth-order valence-electron chi connectivity index (χ4n) is 3.72. The molecule has 0 saturated carbocycles. The van der Waals surface area contributed by atoms with Crippen molar-refractivity contribution in [2.75, 3.05) is 32.7 Å². The smallest absolute Gasteiger partial charge is 0.267 e. The Bertz CT molecular complexity index is 1070. The van der Waals surface area contributed by atoms with Gasteiger partial charge in [-0.25, -0.2) is 4.68 Å². The summed E-state index contributed by atoms with van der Waals surface area (Å²) in [5.74, 6) is -0.0646. The zero-order chi connectivity index (χ0) is 21.6. The Morgan fingerprint density at radius 1 is 0.903 bits per heavy atom. The summed E-state index contributed by atoms with van der Waals surface area (Å²) in [5.41, 5.74) is 2.63. The maximum Gasteiger partial charge on any atom is 0.267 e. The van der Waals surface area contributed by atoms with Crippen LogP contribution in [0.25, 0.3) is 11.3 Å². The van der Waals surface area contributed by atoms with Crippen molar-refractivity contribution in [3.63, 3.8) is 0 Å². The third-order valence-corrected chi connectivity index (χ3v) is 6.10. The third-order valence-electron chi connectivity index (χ3n) is 5.58. The number of hydrogen-bond acceptors (Lipinski definition) is 4. The van der Waals surface area contributed by atoms with Gasteiger partial charge in [-0.3, -0.25) is 14.5 Å². The zero-order valence-electron chi connectivity index (χ0n) is 17.3. The van der Waals surface area contributed by atoms with E-state index >= 15 is 0 Å². The van der Waals surface area contributed by atoms with Gasteiger partial charge < -0.3 is 4.90 Å². The van der Waals surface area contributed by atoms with Crippen LogP contribution >= 0.6 is 15.9 Å². The van der Waals surface area contributed by atoms with Crippen molar-refractivity contribution in [2.24, 2.45) is 0 Å². The Kier molecular flexibility index (Phi) is 6.94. The largest absolute Gasteiger partial charge is 0.339 e. The van der Waals surface area contributed by atoms with Crippen LogP contribution in [0.2, 0.25) is 0 Å². The molecular formula is C24H25BrN4O2. The first-order valence-corrected chi connectivity index (χ1v) is 11.3. The van der Waals surface area contributed by atoms with Crippen molar-refractivity contribution in [1.29, 1.82) is 0 Å². The number of halogens is 1. The minimum Gasteiger partial charge on any atom is -0.339 e.